The Labute approximate surface area is 171 Å². The van der Waals surface area contributed by atoms with E-state index in [0.29, 0.717) is 0 Å². The first-order valence-corrected chi connectivity index (χ1v) is 16.9. The van der Waals surface area contributed by atoms with E-state index in [9.17, 15) is 9.90 Å². The SMILES string of the molecule is CCCCC(C)(C)CCC(=O)[O-].CCC[CH2][Sn]([CH2]CCC)[CH2]CCC.O. The molecule has 0 bridgehead atoms. The van der Waals surface area contributed by atoms with Crippen molar-refractivity contribution in [3.05, 3.63) is 0 Å². The number of carbonyl (C=O) groups excluding carboxylic acids is 1. The van der Waals surface area contributed by atoms with Crippen LogP contribution in [0.3, 0.4) is 0 Å². The second-order valence-corrected chi connectivity index (χ2v) is 16.8. The third-order valence-corrected chi connectivity index (χ3v) is 13.9. The largest absolute Gasteiger partial charge is 0.412 e. The summed E-state index contributed by atoms with van der Waals surface area (Å²) in [7, 11) is 0. The quantitative estimate of drug-likeness (QED) is 0.279. The number of hydrogen-bond donors (Lipinski definition) is 0. The standard InChI is InChI=1S/C10H20O2.3C4H9.H2O.Sn/c1-4-5-7-10(2,3)8-6-9(11)12;3*1-3-4-2;;/h4-8H2,1-3H3,(H,11,12);3*1,3-4H2,2H3;1H2;/p-1. The number of rotatable bonds is 15. The molecule has 0 aromatic carbocycles. The monoisotopic (exact) mass is 480 g/mol. The molecule has 0 saturated carbocycles. The predicted molar refractivity (Wildman–Crippen MR) is 116 cm³/mol. The molecule has 2 N–H and O–H groups in total. The summed E-state index contributed by atoms with van der Waals surface area (Å²) in [5.41, 5.74) is 0.163. The Morgan fingerprint density at radius 3 is 1.46 bits per heavy atom. The summed E-state index contributed by atoms with van der Waals surface area (Å²) in [5.74, 6) is -0.931. The van der Waals surface area contributed by atoms with Crippen molar-refractivity contribution in [1.82, 2.24) is 0 Å². The van der Waals surface area contributed by atoms with E-state index < -0.39 is 25.7 Å². The van der Waals surface area contributed by atoms with E-state index in [1.807, 2.05) is 0 Å². The summed E-state index contributed by atoms with van der Waals surface area (Å²) in [6.07, 6.45) is 13.2. The van der Waals surface area contributed by atoms with Crippen molar-refractivity contribution in [3.8, 4) is 0 Å². The number of unbranched alkanes of at least 4 members (excludes halogenated alkanes) is 4. The maximum Gasteiger partial charge on any atom is -0.412 e. The summed E-state index contributed by atoms with van der Waals surface area (Å²) in [4.78, 5) is 10.2. The van der Waals surface area contributed by atoms with Gasteiger partial charge in [0.15, 0.2) is 0 Å². The van der Waals surface area contributed by atoms with Crippen LogP contribution in [0.1, 0.15) is 112 Å². The van der Waals surface area contributed by atoms with Gasteiger partial charge in [-0.3, -0.25) is 0 Å². The third kappa shape index (κ3) is 24.2. The number of aliphatic carboxylic acids is 1. The number of carboxylic acids is 1. The van der Waals surface area contributed by atoms with Crippen molar-refractivity contribution in [2.75, 3.05) is 0 Å². The molecule has 0 unspecified atom stereocenters. The zero-order valence-corrected chi connectivity index (χ0v) is 21.6. The van der Waals surface area contributed by atoms with Crippen LogP contribution < -0.4 is 5.11 Å². The van der Waals surface area contributed by atoms with Crippen molar-refractivity contribution in [1.29, 1.82) is 0 Å². The molecule has 1 radical (unpaired) electrons. The number of hydrogen-bond acceptors (Lipinski definition) is 2. The van der Waals surface area contributed by atoms with Gasteiger partial charge in [-0.1, -0.05) is 33.6 Å². The van der Waals surface area contributed by atoms with Gasteiger partial charge in [-0.25, -0.2) is 0 Å². The van der Waals surface area contributed by atoms with Crippen molar-refractivity contribution >= 4 is 25.7 Å². The van der Waals surface area contributed by atoms with Gasteiger partial charge in [0, 0.05) is 5.97 Å². The molecular weight excluding hydrogens is 431 g/mol. The van der Waals surface area contributed by atoms with Crippen molar-refractivity contribution in [3.63, 3.8) is 0 Å². The van der Waals surface area contributed by atoms with Crippen LogP contribution in [0.15, 0.2) is 0 Å². The Bertz CT molecular complexity index is 274. The first kappa shape index (κ1) is 30.9. The molecular formula is C22H48O3Sn-. The molecule has 0 amide bonds. The summed E-state index contributed by atoms with van der Waals surface area (Å²) < 4.78 is 5.04. The molecule has 0 heterocycles. The fraction of sp³-hybridized carbons (Fsp3) is 0.955. The van der Waals surface area contributed by atoms with E-state index in [2.05, 4.69) is 41.5 Å². The molecule has 4 heteroatoms. The van der Waals surface area contributed by atoms with Gasteiger partial charge in [0.2, 0.25) is 0 Å². The van der Waals surface area contributed by atoms with Gasteiger partial charge < -0.3 is 15.4 Å². The van der Waals surface area contributed by atoms with Gasteiger partial charge in [0.05, 0.1) is 0 Å². The second kappa shape index (κ2) is 21.5. The van der Waals surface area contributed by atoms with E-state index in [-0.39, 0.29) is 17.3 Å². The number of carbonyl (C=O) groups is 1. The Kier molecular flexibility index (Phi) is 25.6. The molecule has 0 rings (SSSR count). The Balaban J connectivity index is -0.000000393. The minimum absolute atomic E-state index is 0. The van der Waals surface area contributed by atoms with E-state index >= 15 is 0 Å². The Morgan fingerprint density at radius 2 is 1.15 bits per heavy atom. The van der Waals surface area contributed by atoms with E-state index in [1.54, 1.807) is 13.3 Å². The van der Waals surface area contributed by atoms with E-state index in [0.717, 1.165) is 12.8 Å². The van der Waals surface area contributed by atoms with Crippen LogP contribution >= 0.6 is 0 Å². The van der Waals surface area contributed by atoms with Gasteiger partial charge in [-0.2, -0.15) is 0 Å². The average molecular weight is 479 g/mol. The number of carboxylic acid groups (broad SMARTS) is 1. The van der Waals surface area contributed by atoms with Crippen LogP contribution in [0.5, 0.6) is 0 Å². The molecule has 0 aliphatic rings. The zero-order chi connectivity index (χ0) is 19.6. The first-order valence-electron chi connectivity index (χ1n) is 10.9. The van der Waals surface area contributed by atoms with Crippen molar-refractivity contribution in [2.24, 2.45) is 5.41 Å². The van der Waals surface area contributed by atoms with Crippen LogP contribution in [-0.4, -0.2) is 31.2 Å². The van der Waals surface area contributed by atoms with Crippen LogP contribution in [-0.2, 0) is 4.79 Å². The fourth-order valence-corrected chi connectivity index (χ4v) is 12.3. The van der Waals surface area contributed by atoms with Gasteiger partial charge in [-0.05, 0) is 24.7 Å². The predicted octanol–water partition coefficient (Wildman–Crippen LogP) is 5.79. The first-order chi connectivity index (χ1) is 11.8. The fourth-order valence-electron chi connectivity index (χ4n) is 2.88. The summed E-state index contributed by atoms with van der Waals surface area (Å²) in [5, 5.41) is 10.2. The molecule has 0 aromatic heterocycles. The van der Waals surface area contributed by atoms with Crippen LogP contribution in [0.2, 0.25) is 13.3 Å². The van der Waals surface area contributed by atoms with Gasteiger partial charge in [0.1, 0.15) is 0 Å². The minimum Gasteiger partial charge on any atom is -0.412 e. The molecule has 3 nitrogen and oxygen atoms in total. The molecule has 159 valence electrons. The van der Waals surface area contributed by atoms with Crippen molar-refractivity contribution in [2.45, 2.75) is 125 Å². The molecule has 0 spiro atoms. The second-order valence-electron chi connectivity index (χ2n) is 8.20. The smallest absolute Gasteiger partial charge is 0.412 e. The molecule has 0 saturated heterocycles. The third-order valence-electron chi connectivity index (χ3n) is 4.86. The van der Waals surface area contributed by atoms with E-state index in [4.69, 9.17) is 0 Å². The zero-order valence-electron chi connectivity index (χ0n) is 18.7. The molecule has 0 aliphatic carbocycles. The minimum atomic E-state index is -0.931. The van der Waals surface area contributed by atoms with Gasteiger partial charge >= 0.3 is 92.4 Å². The Hall–Kier alpha value is 0.229. The van der Waals surface area contributed by atoms with Gasteiger partial charge in [-0.15, -0.1) is 0 Å². The summed E-state index contributed by atoms with van der Waals surface area (Å²) >= 11 is -0.839. The topological polar surface area (TPSA) is 71.6 Å². The maximum absolute atomic E-state index is 10.2. The maximum atomic E-state index is 10.2. The molecule has 0 aliphatic heterocycles. The van der Waals surface area contributed by atoms with Crippen LogP contribution in [0.25, 0.3) is 0 Å². The average Bonchev–Trinajstić information content (AvgIpc) is 2.58. The van der Waals surface area contributed by atoms with Gasteiger partial charge in [0.25, 0.3) is 0 Å². The molecule has 0 atom stereocenters. The van der Waals surface area contributed by atoms with E-state index in [1.165, 1.54) is 51.4 Å². The molecule has 26 heavy (non-hydrogen) atoms. The normalized spacial score (nSPS) is 10.9. The molecule has 0 fully saturated rings. The summed E-state index contributed by atoms with van der Waals surface area (Å²) in [6, 6.07) is 0. The van der Waals surface area contributed by atoms with Crippen LogP contribution in [0, 0.1) is 5.41 Å². The van der Waals surface area contributed by atoms with Crippen molar-refractivity contribution < 1.29 is 15.4 Å². The summed E-state index contributed by atoms with van der Waals surface area (Å²) in [6.45, 7) is 13.4. The van der Waals surface area contributed by atoms with Crippen LogP contribution in [0.4, 0.5) is 0 Å². The molecule has 0 aromatic rings. The Morgan fingerprint density at radius 1 is 0.769 bits per heavy atom.